The number of para-hydroxylation sites is 2. The summed E-state index contributed by atoms with van der Waals surface area (Å²) >= 11 is 0. The number of anilines is 1. The number of fused-ring (bicyclic) bond motifs is 1. The van der Waals surface area contributed by atoms with Gasteiger partial charge in [0.1, 0.15) is 11.6 Å². The van der Waals surface area contributed by atoms with Crippen LogP contribution in [0, 0.1) is 5.82 Å². The molecule has 2 N–H and O–H groups in total. The average Bonchev–Trinajstić information content (AvgIpc) is 3.06. The smallest absolute Gasteiger partial charge is 0.217 e. The number of imidazole rings is 1. The normalized spacial score (nSPS) is 15.4. The van der Waals surface area contributed by atoms with Crippen molar-refractivity contribution >= 4 is 22.8 Å². The molecule has 3 heterocycles. The molecule has 0 bridgehead atoms. The van der Waals surface area contributed by atoms with E-state index in [1.54, 1.807) is 6.07 Å². The molecule has 1 aliphatic rings. The molecule has 3 aromatic rings. The number of hydrogen-bond donors (Lipinski definition) is 2. The Hall–Kier alpha value is -2.96. The highest BCUT2D eigenvalue weighted by Gasteiger charge is 2.22. The number of aromatic amines is 1. The zero-order chi connectivity index (χ0) is 18.1. The van der Waals surface area contributed by atoms with Crippen molar-refractivity contribution < 1.29 is 9.18 Å². The Morgan fingerprint density at radius 1 is 1.31 bits per heavy atom. The van der Waals surface area contributed by atoms with Gasteiger partial charge in [0.25, 0.3) is 0 Å². The molecule has 0 spiro atoms. The number of benzene rings is 1. The minimum atomic E-state index is -0.402. The molecule has 1 aliphatic heterocycles. The number of nitrogens with one attached hydrogen (secondary N) is 2. The molecule has 0 aliphatic carbocycles. The van der Waals surface area contributed by atoms with Crippen molar-refractivity contribution in [2.75, 3.05) is 18.0 Å². The van der Waals surface area contributed by atoms with Crippen molar-refractivity contribution in [2.45, 2.75) is 25.8 Å². The van der Waals surface area contributed by atoms with Crippen molar-refractivity contribution in [3.05, 3.63) is 42.3 Å². The fraction of sp³-hybridized carbons (Fsp3) is 0.316. The van der Waals surface area contributed by atoms with Crippen molar-refractivity contribution in [3.8, 4) is 11.4 Å². The lowest BCUT2D eigenvalue weighted by atomic mass is 10.0. The second-order valence-electron chi connectivity index (χ2n) is 6.59. The molecule has 134 valence electrons. The molecule has 0 unspecified atom stereocenters. The van der Waals surface area contributed by atoms with Crippen LogP contribution >= 0.6 is 0 Å². The zero-order valence-electron chi connectivity index (χ0n) is 14.5. The maximum Gasteiger partial charge on any atom is 0.217 e. The van der Waals surface area contributed by atoms with Gasteiger partial charge in [0, 0.05) is 26.1 Å². The molecule has 1 fully saturated rings. The van der Waals surface area contributed by atoms with Crippen LogP contribution in [0.15, 0.2) is 36.5 Å². The lowest BCUT2D eigenvalue weighted by molar-refractivity contribution is -0.119. The van der Waals surface area contributed by atoms with Gasteiger partial charge in [-0.1, -0.05) is 12.1 Å². The third-order valence-electron chi connectivity index (χ3n) is 4.71. The zero-order valence-corrected chi connectivity index (χ0v) is 14.5. The van der Waals surface area contributed by atoms with Crippen molar-refractivity contribution in [2.24, 2.45) is 0 Å². The molecule has 0 saturated carbocycles. The van der Waals surface area contributed by atoms with E-state index in [1.807, 2.05) is 24.3 Å². The summed E-state index contributed by atoms with van der Waals surface area (Å²) < 4.78 is 14.4. The predicted molar refractivity (Wildman–Crippen MR) is 98.3 cm³/mol. The summed E-state index contributed by atoms with van der Waals surface area (Å²) in [5.41, 5.74) is 2.09. The average molecular weight is 353 g/mol. The predicted octanol–water partition coefficient (Wildman–Crippen LogP) is 2.87. The number of amides is 1. The number of hydrogen-bond acceptors (Lipinski definition) is 4. The summed E-state index contributed by atoms with van der Waals surface area (Å²) in [5.74, 6) is 0.820. The third-order valence-corrected chi connectivity index (χ3v) is 4.71. The Balaban J connectivity index is 1.58. The number of H-pyrrole nitrogens is 1. The van der Waals surface area contributed by atoms with Crippen molar-refractivity contribution in [3.63, 3.8) is 0 Å². The van der Waals surface area contributed by atoms with Gasteiger partial charge in [0.2, 0.25) is 5.91 Å². The minimum Gasteiger partial charge on any atom is -0.356 e. The summed E-state index contributed by atoms with van der Waals surface area (Å²) in [6.07, 6.45) is 2.94. The van der Waals surface area contributed by atoms with E-state index in [-0.39, 0.29) is 11.9 Å². The summed E-state index contributed by atoms with van der Waals surface area (Å²) in [4.78, 5) is 25.2. The fourth-order valence-corrected chi connectivity index (χ4v) is 3.40. The van der Waals surface area contributed by atoms with Gasteiger partial charge in [-0.25, -0.2) is 14.4 Å². The number of halogens is 1. The summed E-state index contributed by atoms with van der Waals surface area (Å²) in [7, 11) is 0. The number of nitrogens with zero attached hydrogens (tertiary/aromatic N) is 3. The Labute approximate surface area is 150 Å². The van der Waals surface area contributed by atoms with E-state index in [4.69, 9.17) is 0 Å². The Morgan fingerprint density at radius 3 is 2.81 bits per heavy atom. The van der Waals surface area contributed by atoms with E-state index in [2.05, 4.69) is 25.2 Å². The first-order chi connectivity index (χ1) is 12.6. The van der Waals surface area contributed by atoms with Crippen LogP contribution < -0.4 is 10.2 Å². The molecule has 1 amide bonds. The number of carbonyl (C=O) groups is 1. The van der Waals surface area contributed by atoms with E-state index in [0.29, 0.717) is 11.4 Å². The topological polar surface area (TPSA) is 73.9 Å². The molecule has 1 aromatic carbocycles. The summed E-state index contributed by atoms with van der Waals surface area (Å²) in [6, 6.07) is 9.56. The fourth-order valence-electron chi connectivity index (χ4n) is 3.40. The molecular weight excluding hydrogens is 333 g/mol. The van der Waals surface area contributed by atoms with Crippen LogP contribution in [0.1, 0.15) is 19.8 Å². The maximum absolute atomic E-state index is 14.4. The number of piperidine rings is 1. The number of carbonyl (C=O) groups excluding carboxylic acids is 1. The molecule has 26 heavy (non-hydrogen) atoms. The van der Waals surface area contributed by atoms with Crippen LogP contribution in [0.2, 0.25) is 0 Å². The van der Waals surface area contributed by atoms with E-state index in [0.717, 1.165) is 42.8 Å². The lowest BCUT2D eigenvalue weighted by Crippen LogP contribution is -2.44. The van der Waals surface area contributed by atoms with Crippen molar-refractivity contribution in [1.29, 1.82) is 0 Å². The summed E-state index contributed by atoms with van der Waals surface area (Å²) in [6.45, 7) is 3.07. The molecule has 2 aromatic heterocycles. The second-order valence-corrected chi connectivity index (χ2v) is 6.59. The Kier molecular flexibility index (Phi) is 4.28. The Bertz CT molecular complexity index is 913. The van der Waals surface area contributed by atoms with Crippen LogP contribution in [0.5, 0.6) is 0 Å². The standard InChI is InChI=1S/C19H20FN5O/c1-12(26)22-13-6-8-25(9-7-13)18-10-14(15(20)11-21-18)19-23-16-4-2-3-5-17(16)24-19/h2-5,10-11,13H,6-9H2,1H3,(H,22,26)(H,23,24). The minimum absolute atomic E-state index is 0.00414. The van der Waals surface area contributed by atoms with Crippen LogP contribution in [-0.2, 0) is 4.79 Å². The van der Waals surface area contributed by atoms with E-state index < -0.39 is 5.82 Å². The van der Waals surface area contributed by atoms with Gasteiger partial charge < -0.3 is 15.2 Å². The first-order valence-electron chi connectivity index (χ1n) is 8.73. The van der Waals surface area contributed by atoms with Gasteiger partial charge in [0.15, 0.2) is 5.82 Å². The SMILES string of the molecule is CC(=O)NC1CCN(c2cc(-c3nc4ccccc4[nH]3)c(F)cn2)CC1. The number of aromatic nitrogens is 3. The first-order valence-corrected chi connectivity index (χ1v) is 8.73. The highest BCUT2D eigenvalue weighted by molar-refractivity contribution is 5.79. The van der Waals surface area contributed by atoms with Gasteiger partial charge in [-0.2, -0.15) is 0 Å². The maximum atomic E-state index is 14.4. The van der Waals surface area contributed by atoms with Gasteiger partial charge in [-0.3, -0.25) is 4.79 Å². The van der Waals surface area contributed by atoms with E-state index in [9.17, 15) is 9.18 Å². The quantitative estimate of drug-likeness (QED) is 0.759. The highest BCUT2D eigenvalue weighted by Crippen LogP contribution is 2.27. The number of rotatable bonds is 3. The molecular formula is C19H20FN5O. The van der Waals surface area contributed by atoms with Gasteiger partial charge >= 0.3 is 0 Å². The van der Waals surface area contributed by atoms with Crippen LogP contribution in [0.3, 0.4) is 0 Å². The second kappa shape index (κ2) is 6.74. The molecule has 1 saturated heterocycles. The lowest BCUT2D eigenvalue weighted by Gasteiger charge is -2.33. The van der Waals surface area contributed by atoms with Crippen LogP contribution in [0.25, 0.3) is 22.4 Å². The van der Waals surface area contributed by atoms with Crippen LogP contribution in [0.4, 0.5) is 10.2 Å². The molecule has 0 atom stereocenters. The molecule has 7 heteroatoms. The summed E-state index contributed by atoms with van der Waals surface area (Å²) in [5, 5.41) is 2.95. The Morgan fingerprint density at radius 2 is 2.08 bits per heavy atom. The van der Waals surface area contributed by atoms with Crippen molar-refractivity contribution in [1.82, 2.24) is 20.3 Å². The number of pyridine rings is 1. The monoisotopic (exact) mass is 353 g/mol. The van der Waals surface area contributed by atoms with Crippen LogP contribution in [-0.4, -0.2) is 40.0 Å². The molecule has 0 radical (unpaired) electrons. The van der Waals surface area contributed by atoms with Gasteiger partial charge in [0.05, 0.1) is 22.8 Å². The van der Waals surface area contributed by atoms with Gasteiger partial charge in [-0.05, 0) is 31.0 Å². The van der Waals surface area contributed by atoms with E-state index >= 15 is 0 Å². The highest BCUT2D eigenvalue weighted by atomic mass is 19.1. The third kappa shape index (κ3) is 3.24. The largest absolute Gasteiger partial charge is 0.356 e. The van der Waals surface area contributed by atoms with E-state index in [1.165, 1.54) is 13.1 Å². The molecule has 4 rings (SSSR count). The molecule has 6 nitrogen and oxygen atoms in total. The first kappa shape index (κ1) is 16.5. The van der Waals surface area contributed by atoms with Gasteiger partial charge in [-0.15, -0.1) is 0 Å².